The lowest BCUT2D eigenvalue weighted by Gasteiger charge is -2.32. The summed E-state index contributed by atoms with van der Waals surface area (Å²) in [5, 5.41) is 2.49. The first-order valence-corrected chi connectivity index (χ1v) is 26.8. The molecule has 0 radical (unpaired) electrons. The maximum atomic E-state index is 7.54. The molecule has 0 atom stereocenters. The number of fused-ring (bicyclic) bond motifs is 16. The Morgan fingerprint density at radius 2 is 0.857 bits per heavy atom. The van der Waals surface area contributed by atoms with Crippen LogP contribution in [0.25, 0.3) is 94.6 Å². The second kappa shape index (κ2) is 16.4. The zero-order valence-corrected chi connectivity index (χ0v) is 42.7. The fraction of sp³-hybridized carbons (Fsp3) is 0.0541. The van der Waals surface area contributed by atoms with Crippen LogP contribution in [-0.2, 0) is 10.8 Å². The van der Waals surface area contributed by atoms with Gasteiger partial charge in [-0.25, -0.2) is 0 Å². The lowest BCUT2D eigenvalue weighted by Crippen LogP contribution is -2.26. The van der Waals surface area contributed by atoms with E-state index in [2.05, 4.69) is 290 Å². The second-order valence-electron chi connectivity index (χ2n) is 21.5. The minimum absolute atomic E-state index is 0.184. The van der Waals surface area contributed by atoms with Crippen molar-refractivity contribution < 1.29 is 4.42 Å². The third-order valence-electron chi connectivity index (χ3n) is 17.2. The maximum Gasteiger partial charge on any atom is 0.142 e. The van der Waals surface area contributed by atoms with Crippen molar-refractivity contribution in [2.75, 3.05) is 4.90 Å². The maximum absolute atomic E-state index is 7.54. The lowest BCUT2D eigenvalue weighted by molar-refractivity contribution is 0.596. The number of hydrogen-bond acceptors (Lipinski definition) is 2. The van der Waals surface area contributed by atoms with E-state index in [1.807, 2.05) is 0 Å². The van der Waals surface area contributed by atoms with Crippen LogP contribution < -0.4 is 4.90 Å². The molecule has 13 aromatic rings. The number of aromatic nitrogens is 1. The average molecular weight is 983 g/mol. The molecule has 16 rings (SSSR count). The van der Waals surface area contributed by atoms with E-state index in [0.29, 0.717) is 0 Å². The van der Waals surface area contributed by atoms with Crippen LogP contribution in [0.15, 0.2) is 271 Å². The molecule has 3 nitrogen and oxygen atoms in total. The molecule has 0 N–H and O–H groups in total. The number of benzene rings is 11. The highest BCUT2D eigenvalue weighted by molar-refractivity contribution is 6.10. The summed E-state index contributed by atoms with van der Waals surface area (Å²) in [6, 6.07) is 98.4. The van der Waals surface area contributed by atoms with E-state index in [9.17, 15) is 0 Å². The minimum Gasteiger partial charge on any atom is -0.455 e. The van der Waals surface area contributed by atoms with Crippen molar-refractivity contribution in [2.24, 2.45) is 0 Å². The highest BCUT2D eigenvalue weighted by atomic mass is 16.3. The summed E-state index contributed by atoms with van der Waals surface area (Å²) in [6.07, 6.45) is 0. The highest BCUT2D eigenvalue weighted by Gasteiger charge is 2.55. The molecule has 362 valence electrons. The molecule has 0 amide bonds. The Bertz CT molecular complexity index is 4480. The van der Waals surface area contributed by atoms with Gasteiger partial charge in [0.25, 0.3) is 0 Å². The second-order valence-corrected chi connectivity index (χ2v) is 21.5. The Kier molecular flexibility index (Phi) is 9.30. The number of nitrogens with zero attached hydrogens (tertiary/aromatic N) is 2. The van der Waals surface area contributed by atoms with Crippen molar-refractivity contribution in [3.63, 3.8) is 0 Å². The fourth-order valence-corrected chi connectivity index (χ4v) is 13.9. The van der Waals surface area contributed by atoms with E-state index in [-0.39, 0.29) is 5.41 Å². The molecule has 2 heterocycles. The predicted octanol–water partition coefficient (Wildman–Crippen LogP) is 19.5. The van der Waals surface area contributed by atoms with E-state index < -0.39 is 5.41 Å². The van der Waals surface area contributed by atoms with E-state index in [1.165, 1.54) is 83.0 Å². The van der Waals surface area contributed by atoms with Gasteiger partial charge in [-0.2, -0.15) is 0 Å². The average Bonchev–Trinajstić information content (AvgIpc) is 4.45. The number of rotatable bonds is 7. The SMILES string of the molecule is CC1(C)c2ccccc2-c2ccc(N(c3ccc(-c4ccc5c6ccccc6n(-c6ccccc6)c5c4)cc3)c3ccc4c(c3)-c3oc(-c5ccccc5)c(-c5ccccc5)c3C43c4ccccc4-c4ccccc43)cc21. The van der Waals surface area contributed by atoms with Crippen molar-refractivity contribution >= 4 is 38.9 Å². The van der Waals surface area contributed by atoms with E-state index in [0.717, 1.165) is 62.1 Å². The molecule has 0 bridgehead atoms. The van der Waals surface area contributed by atoms with Gasteiger partial charge in [0.2, 0.25) is 0 Å². The summed E-state index contributed by atoms with van der Waals surface area (Å²) in [5.74, 6) is 1.80. The molecule has 2 aromatic heterocycles. The van der Waals surface area contributed by atoms with Gasteiger partial charge in [-0.3, -0.25) is 0 Å². The molecule has 0 aliphatic heterocycles. The van der Waals surface area contributed by atoms with Gasteiger partial charge in [0.05, 0.1) is 16.4 Å². The van der Waals surface area contributed by atoms with Crippen LogP contribution in [0.1, 0.15) is 47.2 Å². The summed E-state index contributed by atoms with van der Waals surface area (Å²) in [7, 11) is 0. The first-order chi connectivity index (χ1) is 38.0. The number of furan rings is 1. The van der Waals surface area contributed by atoms with Crippen molar-refractivity contribution in [1.82, 2.24) is 4.57 Å². The molecule has 11 aromatic carbocycles. The monoisotopic (exact) mass is 982 g/mol. The van der Waals surface area contributed by atoms with Crippen LogP contribution in [0, 0.1) is 0 Å². The van der Waals surface area contributed by atoms with Crippen molar-refractivity contribution in [2.45, 2.75) is 24.7 Å². The summed E-state index contributed by atoms with van der Waals surface area (Å²) in [5.41, 5.74) is 25.5. The summed E-state index contributed by atoms with van der Waals surface area (Å²) >= 11 is 0. The van der Waals surface area contributed by atoms with E-state index >= 15 is 0 Å². The van der Waals surface area contributed by atoms with Gasteiger partial charge >= 0.3 is 0 Å². The Hall–Kier alpha value is -9.70. The highest BCUT2D eigenvalue weighted by Crippen LogP contribution is 2.67. The Morgan fingerprint density at radius 3 is 1.57 bits per heavy atom. The van der Waals surface area contributed by atoms with E-state index in [4.69, 9.17) is 4.42 Å². The molecule has 0 saturated carbocycles. The third-order valence-corrected chi connectivity index (χ3v) is 17.2. The lowest BCUT2D eigenvalue weighted by atomic mass is 9.69. The normalized spacial score (nSPS) is 13.8. The molecule has 0 saturated heterocycles. The van der Waals surface area contributed by atoms with Gasteiger partial charge in [-0.1, -0.05) is 220 Å². The zero-order valence-electron chi connectivity index (χ0n) is 42.7. The standard InChI is InChI=1S/C74H50N2O/c1-73(2)62-30-16-12-26-55(62)58-42-39-54(46-66(58)73)75(52-37-34-47(35-38-52)50-36-41-60-59-29-15-19-33-67(59)76(68(60)44-50)51-24-10-5-11-25-51)53-40-43-65-61(45-53)72-70(74(65)63-31-17-13-27-56(63)57-28-14-18-32-64(57)74)69(48-20-6-3-7-21-48)71(77-72)49-22-8-4-9-23-49/h3-46H,1-2H3. The third kappa shape index (κ3) is 6.14. The van der Waals surface area contributed by atoms with Gasteiger partial charge < -0.3 is 13.9 Å². The zero-order chi connectivity index (χ0) is 51.0. The number of para-hydroxylation sites is 2. The van der Waals surface area contributed by atoms with E-state index in [1.54, 1.807) is 0 Å². The van der Waals surface area contributed by atoms with Crippen molar-refractivity contribution in [3.05, 3.63) is 300 Å². The first-order valence-electron chi connectivity index (χ1n) is 26.8. The van der Waals surface area contributed by atoms with Gasteiger partial charge in [0, 0.05) is 61.2 Å². The summed E-state index contributed by atoms with van der Waals surface area (Å²) in [6.45, 7) is 4.74. The van der Waals surface area contributed by atoms with Crippen molar-refractivity contribution in [1.29, 1.82) is 0 Å². The molecular formula is C74H50N2O. The Morgan fingerprint density at radius 1 is 0.338 bits per heavy atom. The molecule has 1 spiro atoms. The molecule has 3 aliphatic rings. The quantitative estimate of drug-likeness (QED) is 0.159. The molecule has 3 aliphatic carbocycles. The Balaban J connectivity index is 0.919. The number of hydrogen-bond donors (Lipinski definition) is 0. The summed E-state index contributed by atoms with van der Waals surface area (Å²) in [4.78, 5) is 2.46. The number of anilines is 3. The van der Waals surface area contributed by atoms with Crippen LogP contribution in [0.2, 0.25) is 0 Å². The molecule has 77 heavy (non-hydrogen) atoms. The molecule has 0 fully saturated rings. The smallest absolute Gasteiger partial charge is 0.142 e. The van der Waals surface area contributed by atoms with Gasteiger partial charge in [0.1, 0.15) is 11.5 Å². The molecular weight excluding hydrogens is 933 g/mol. The minimum atomic E-state index is -0.638. The first kappa shape index (κ1) is 43.7. The largest absolute Gasteiger partial charge is 0.455 e. The molecule has 0 unspecified atom stereocenters. The van der Waals surface area contributed by atoms with Gasteiger partial charge in [0.15, 0.2) is 0 Å². The van der Waals surface area contributed by atoms with Crippen LogP contribution in [0.4, 0.5) is 17.1 Å². The van der Waals surface area contributed by atoms with Gasteiger partial charge in [-0.15, -0.1) is 0 Å². The molecule has 3 heteroatoms. The summed E-state index contributed by atoms with van der Waals surface area (Å²) < 4.78 is 9.94. The van der Waals surface area contributed by atoms with Crippen LogP contribution in [0.3, 0.4) is 0 Å². The van der Waals surface area contributed by atoms with Gasteiger partial charge in [-0.05, 0) is 127 Å². The topological polar surface area (TPSA) is 21.3 Å². The predicted molar refractivity (Wildman–Crippen MR) is 318 cm³/mol. The van der Waals surface area contributed by atoms with Crippen LogP contribution in [-0.4, -0.2) is 4.57 Å². The fourth-order valence-electron chi connectivity index (χ4n) is 13.9. The van der Waals surface area contributed by atoms with Crippen molar-refractivity contribution in [3.8, 4) is 72.8 Å². The van der Waals surface area contributed by atoms with Crippen LogP contribution >= 0.6 is 0 Å². The van der Waals surface area contributed by atoms with Crippen LogP contribution in [0.5, 0.6) is 0 Å². The Labute approximate surface area is 448 Å².